The Morgan fingerprint density at radius 2 is 1.62 bits per heavy atom. The smallest absolute Gasteiger partial charge is 0.183 e. The van der Waals surface area contributed by atoms with Gasteiger partial charge in [0.15, 0.2) is 4.99 Å². The molecule has 16 heavy (non-hydrogen) atoms. The predicted octanol–water partition coefficient (Wildman–Crippen LogP) is 0.820. The Hall–Kier alpha value is -1.16. The normalized spacial score (nSPS) is 13.5. The third-order valence-corrected chi connectivity index (χ3v) is 2.89. The lowest BCUT2D eigenvalue weighted by atomic mass is 9.97. The Labute approximate surface area is 95.2 Å². The lowest BCUT2D eigenvalue weighted by molar-refractivity contribution is 0.581. The van der Waals surface area contributed by atoms with Gasteiger partial charge in [0.05, 0.1) is 7.05 Å². The lowest BCUT2D eigenvalue weighted by Crippen LogP contribution is -2.18. The molecule has 0 N–H and O–H groups in total. The Balaban J connectivity index is 5.44. The molecule has 0 radical (unpaired) electrons. The topological polar surface area (TPSA) is 118 Å². The first-order chi connectivity index (χ1) is 7.10. The van der Waals surface area contributed by atoms with Gasteiger partial charge >= 0.3 is 10.2 Å². The van der Waals surface area contributed by atoms with E-state index in [0.717, 1.165) is 7.05 Å². The molecule has 0 unspecified atom stereocenters. The van der Waals surface area contributed by atoms with E-state index >= 15 is 0 Å². The average molecular weight is 268 g/mol. The van der Waals surface area contributed by atoms with E-state index in [2.05, 4.69) is 19.3 Å². The summed E-state index contributed by atoms with van der Waals surface area (Å²) in [5, 5.41) is 6.18. The average Bonchev–Trinajstić information content (AvgIpc) is 1.99. The van der Waals surface area contributed by atoms with Gasteiger partial charge in [-0.05, 0) is 9.04 Å². The van der Waals surface area contributed by atoms with Crippen LogP contribution in [0.15, 0.2) is 19.3 Å². The summed E-state index contributed by atoms with van der Waals surface area (Å²) in [7, 11) is -5.69. The van der Waals surface area contributed by atoms with Crippen LogP contribution in [-0.4, -0.2) is 28.9 Å². The molecule has 0 aromatic rings. The Bertz CT molecular complexity index is 528. The molecule has 0 atom stereocenters. The summed E-state index contributed by atoms with van der Waals surface area (Å²) >= 11 is 0. The van der Waals surface area contributed by atoms with Crippen molar-refractivity contribution < 1.29 is 16.8 Å². The van der Waals surface area contributed by atoms with E-state index in [0.29, 0.717) is 0 Å². The molecule has 0 saturated heterocycles. The molecule has 0 rings (SSSR count). The molecule has 0 amide bonds. The van der Waals surface area contributed by atoms with E-state index in [-0.39, 0.29) is 4.99 Å². The van der Waals surface area contributed by atoms with Crippen molar-refractivity contribution in [3.05, 3.63) is 0 Å². The zero-order valence-corrected chi connectivity index (χ0v) is 10.9. The second-order valence-corrected chi connectivity index (χ2v) is 5.78. The van der Waals surface area contributed by atoms with Crippen LogP contribution in [0.25, 0.3) is 0 Å². The van der Waals surface area contributed by atoms with E-state index in [9.17, 15) is 16.8 Å². The Morgan fingerprint density at radius 1 is 1.12 bits per heavy atom. The highest BCUT2D eigenvalue weighted by Crippen LogP contribution is 2.16. The maximum atomic E-state index is 10.9. The van der Waals surface area contributed by atoms with Crippen molar-refractivity contribution in [2.24, 2.45) is 24.7 Å². The molecule has 0 heterocycles. The molecule has 0 fully saturated rings. The molecular formula is C6H12N4O4S2. The van der Waals surface area contributed by atoms with Crippen molar-refractivity contribution in [1.29, 1.82) is 0 Å². The van der Waals surface area contributed by atoms with Gasteiger partial charge in [0.25, 0.3) is 0 Å². The fourth-order valence-electron chi connectivity index (χ4n) is 0.642. The Morgan fingerprint density at radius 3 is 1.94 bits per heavy atom. The molecule has 0 spiro atoms. The first-order valence-electron chi connectivity index (χ1n) is 4.06. The fraction of sp³-hybridized carbons (Fsp3) is 0.833. The van der Waals surface area contributed by atoms with Crippen molar-refractivity contribution >= 4 is 25.5 Å². The lowest BCUT2D eigenvalue weighted by Gasteiger charge is -2.12. The van der Waals surface area contributed by atoms with Gasteiger partial charge in [-0.25, -0.2) is 0 Å². The molecule has 0 aliphatic rings. The van der Waals surface area contributed by atoms with Gasteiger partial charge in [-0.1, -0.05) is 20.8 Å². The summed E-state index contributed by atoms with van der Waals surface area (Å²) < 4.78 is 49.1. The first-order valence-corrected chi connectivity index (χ1v) is 6.53. The van der Waals surface area contributed by atoms with Crippen molar-refractivity contribution in [1.82, 2.24) is 0 Å². The first kappa shape index (κ1) is 14.8. The minimum Gasteiger partial charge on any atom is -0.183 e. The van der Waals surface area contributed by atoms with Gasteiger partial charge in [0.2, 0.25) is 10.3 Å². The quantitative estimate of drug-likeness (QED) is 0.544. The zero-order valence-electron chi connectivity index (χ0n) is 9.24. The van der Waals surface area contributed by atoms with Crippen molar-refractivity contribution in [3.63, 3.8) is 0 Å². The van der Waals surface area contributed by atoms with Crippen LogP contribution in [0.1, 0.15) is 20.8 Å². The van der Waals surface area contributed by atoms with Crippen LogP contribution >= 0.6 is 0 Å². The van der Waals surface area contributed by atoms with Gasteiger partial charge in [-0.2, -0.15) is 21.9 Å². The standard InChI is InChI=1S/C6H12N4O4S2/c1-6(2,3)5(15(11)12)8-10-16(13,14)9-7-4/h1-4H3. The number of nitrogens with zero attached hydrogens (tertiary/aromatic N) is 4. The molecule has 0 aromatic carbocycles. The molecule has 0 bridgehead atoms. The van der Waals surface area contributed by atoms with E-state index in [4.69, 9.17) is 0 Å². The molecular weight excluding hydrogens is 256 g/mol. The van der Waals surface area contributed by atoms with Gasteiger partial charge in [0.1, 0.15) is 0 Å². The summed E-state index contributed by atoms with van der Waals surface area (Å²) in [5.74, 6) is 0. The summed E-state index contributed by atoms with van der Waals surface area (Å²) in [4.78, 5) is -0.373. The number of hydrogen-bond donors (Lipinski definition) is 0. The maximum Gasteiger partial charge on any atom is 0.397 e. The van der Waals surface area contributed by atoms with Crippen LogP contribution in [0.2, 0.25) is 0 Å². The van der Waals surface area contributed by atoms with E-state index in [1.165, 1.54) is 0 Å². The number of rotatable bonds is 2. The monoisotopic (exact) mass is 268 g/mol. The third-order valence-electron chi connectivity index (χ3n) is 1.22. The van der Waals surface area contributed by atoms with Gasteiger partial charge in [-0.3, -0.25) is 0 Å². The van der Waals surface area contributed by atoms with E-state index in [1.807, 2.05) is 0 Å². The summed E-state index contributed by atoms with van der Waals surface area (Å²) in [6, 6.07) is 0. The van der Waals surface area contributed by atoms with E-state index < -0.39 is 25.9 Å². The molecule has 0 aromatic heterocycles. The van der Waals surface area contributed by atoms with Crippen molar-refractivity contribution in [2.45, 2.75) is 20.8 Å². The Kier molecular flexibility index (Phi) is 4.87. The highest BCUT2D eigenvalue weighted by Gasteiger charge is 2.21. The third kappa shape index (κ3) is 5.07. The molecule has 8 nitrogen and oxygen atoms in total. The predicted molar refractivity (Wildman–Crippen MR) is 57.9 cm³/mol. The second kappa shape index (κ2) is 5.25. The van der Waals surface area contributed by atoms with Crippen LogP contribution in [0.5, 0.6) is 0 Å². The maximum absolute atomic E-state index is 10.9. The van der Waals surface area contributed by atoms with Gasteiger partial charge in [-0.15, -0.1) is 5.11 Å². The van der Waals surface area contributed by atoms with Crippen LogP contribution in [-0.2, 0) is 20.5 Å². The van der Waals surface area contributed by atoms with Crippen molar-refractivity contribution in [2.75, 3.05) is 7.05 Å². The van der Waals surface area contributed by atoms with Gasteiger partial charge < -0.3 is 0 Å². The molecule has 0 saturated carbocycles. The zero-order chi connectivity index (χ0) is 13.0. The fourth-order valence-corrected chi connectivity index (χ4v) is 1.72. The van der Waals surface area contributed by atoms with Crippen molar-refractivity contribution in [3.8, 4) is 0 Å². The SMILES string of the molecule is CN=NS(=O)(=O)N=NC(=S(=O)=O)C(C)(C)C. The van der Waals surface area contributed by atoms with Crippen LogP contribution < -0.4 is 0 Å². The van der Waals surface area contributed by atoms with Crippen LogP contribution in [0.3, 0.4) is 0 Å². The highest BCUT2D eigenvalue weighted by molar-refractivity contribution is 7.88. The minimum atomic E-state index is -4.20. The highest BCUT2D eigenvalue weighted by atomic mass is 32.2. The largest absolute Gasteiger partial charge is 0.397 e. The summed E-state index contributed by atoms with van der Waals surface area (Å²) in [6.07, 6.45) is 0. The van der Waals surface area contributed by atoms with Crippen LogP contribution in [0.4, 0.5) is 0 Å². The summed E-state index contributed by atoms with van der Waals surface area (Å²) in [5.41, 5.74) is -0.838. The number of hydrogen-bond acceptors (Lipinski definition) is 5. The molecule has 0 aliphatic carbocycles. The summed E-state index contributed by atoms with van der Waals surface area (Å²) in [6.45, 7) is 4.68. The van der Waals surface area contributed by atoms with Gasteiger partial charge in [0, 0.05) is 5.41 Å². The minimum absolute atomic E-state index is 0.373. The van der Waals surface area contributed by atoms with Crippen LogP contribution in [0, 0.1) is 5.41 Å². The molecule has 0 aliphatic heterocycles. The molecule has 92 valence electrons. The van der Waals surface area contributed by atoms with E-state index in [1.54, 1.807) is 20.8 Å². The molecule has 10 heteroatoms. The second-order valence-electron chi connectivity index (χ2n) is 3.70.